The molecule has 2 heterocycles. The number of nitrogen functional groups attached to an aromatic ring is 1. The van der Waals surface area contributed by atoms with Gasteiger partial charge in [0.25, 0.3) is 5.91 Å². The first-order chi connectivity index (χ1) is 9.15. The molecule has 1 amide bonds. The zero-order valence-corrected chi connectivity index (χ0v) is 11.4. The fourth-order valence-corrected chi connectivity index (χ4v) is 2.24. The molecule has 0 radical (unpaired) electrons. The summed E-state index contributed by atoms with van der Waals surface area (Å²) >= 11 is 0. The van der Waals surface area contributed by atoms with Crippen LogP contribution in [0.25, 0.3) is 0 Å². The lowest BCUT2D eigenvalue weighted by molar-refractivity contribution is 0.0939. The van der Waals surface area contributed by atoms with E-state index in [2.05, 4.69) is 22.1 Å². The second kappa shape index (κ2) is 6.52. The first-order valence-electron chi connectivity index (χ1n) is 6.87. The number of carbonyl (C=O) groups excluding carboxylic acids is 1. The molecule has 0 spiro atoms. The number of pyridine rings is 1. The number of hydrogen-bond donors (Lipinski definition) is 2. The normalized spacial score (nSPS) is 17.3. The minimum absolute atomic E-state index is 0.134. The summed E-state index contributed by atoms with van der Waals surface area (Å²) in [6, 6.07) is 3.33. The molecule has 3 N–H and O–H groups in total. The topological polar surface area (TPSA) is 71.2 Å². The van der Waals surface area contributed by atoms with Crippen LogP contribution in [-0.2, 0) is 0 Å². The minimum Gasteiger partial charge on any atom is -0.397 e. The van der Waals surface area contributed by atoms with Crippen LogP contribution in [0.1, 0.15) is 30.3 Å². The van der Waals surface area contributed by atoms with E-state index < -0.39 is 0 Å². The van der Waals surface area contributed by atoms with E-state index in [-0.39, 0.29) is 5.91 Å². The van der Waals surface area contributed by atoms with Crippen molar-refractivity contribution >= 4 is 11.6 Å². The summed E-state index contributed by atoms with van der Waals surface area (Å²) in [6.07, 6.45) is 4.02. The van der Waals surface area contributed by atoms with E-state index in [0.717, 1.165) is 25.6 Å². The number of nitrogens with zero attached hydrogens (tertiary/aromatic N) is 2. The van der Waals surface area contributed by atoms with E-state index in [1.54, 1.807) is 12.1 Å². The van der Waals surface area contributed by atoms with Gasteiger partial charge in [-0.25, -0.2) is 4.98 Å². The summed E-state index contributed by atoms with van der Waals surface area (Å²) in [7, 11) is 0. The smallest absolute Gasteiger partial charge is 0.269 e. The number of nitrogens with two attached hydrogens (primary N) is 1. The number of carbonyl (C=O) groups is 1. The quantitative estimate of drug-likeness (QED) is 0.853. The molecule has 1 aliphatic heterocycles. The Labute approximate surface area is 114 Å². The molecule has 0 atom stereocenters. The lowest BCUT2D eigenvalue weighted by Crippen LogP contribution is -2.39. The van der Waals surface area contributed by atoms with Gasteiger partial charge in [-0.15, -0.1) is 0 Å². The van der Waals surface area contributed by atoms with Gasteiger partial charge < -0.3 is 16.0 Å². The number of amides is 1. The Bertz CT molecular complexity index is 410. The third-order valence-corrected chi connectivity index (χ3v) is 3.61. The van der Waals surface area contributed by atoms with Gasteiger partial charge in [0.2, 0.25) is 0 Å². The van der Waals surface area contributed by atoms with E-state index in [9.17, 15) is 4.79 Å². The highest BCUT2D eigenvalue weighted by molar-refractivity contribution is 5.92. The molecule has 1 saturated heterocycles. The van der Waals surface area contributed by atoms with Gasteiger partial charge in [-0.2, -0.15) is 0 Å². The molecule has 1 aromatic rings. The Morgan fingerprint density at radius 1 is 1.47 bits per heavy atom. The molecule has 5 heteroatoms. The van der Waals surface area contributed by atoms with Crippen molar-refractivity contribution in [3.05, 3.63) is 24.0 Å². The molecule has 0 bridgehead atoms. The molecule has 1 fully saturated rings. The minimum atomic E-state index is -0.134. The molecule has 1 aliphatic rings. The zero-order chi connectivity index (χ0) is 13.7. The number of rotatable bonds is 4. The van der Waals surface area contributed by atoms with Crippen LogP contribution in [-0.4, -0.2) is 42.0 Å². The van der Waals surface area contributed by atoms with Gasteiger partial charge in [-0.1, -0.05) is 6.92 Å². The van der Waals surface area contributed by atoms with E-state index in [4.69, 9.17) is 5.73 Å². The first-order valence-corrected chi connectivity index (χ1v) is 6.87. The third kappa shape index (κ3) is 4.21. The Balaban J connectivity index is 1.70. The highest BCUT2D eigenvalue weighted by Gasteiger charge is 2.15. The fourth-order valence-electron chi connectivity index (χ4n) is 2.24. The molecule has 0 saturated carbocycles. The summed E-state index contributed by atoms with van der Waals surface area (Å²) in [5.41, 5.74) is 6.52. The Morgan fingerprint density at radius 2 is 2.21 bits per heavy atom. The largest absolute Gasteiger partial charge is 0.397 e. The summed E-state index contributed by atoms with van der Waals surface area (Å²) in [6.45, 7) is 6.15. The van der Waals surface area contributed by atoms with Crippen LogP contribution >= 0.6 is 0 Å². The van der Waals surface area contributed by atoms with Crippen molar-refractivity contribution in [1.29, 1.82) is 0 Å². The highest BCUT2D eigenvalue weighted by atomic mass is 16.1. The fraction of sp³-hybridized carbons (Fsp3) is 0.571. The van der Waals surface area contributed by atoms with Gasteiger partial charge in [-0.3, -0.25) is 4.79 Å². The van der Waals surface area contributed by atoms with Crippen LogP contribution in [0.5, 0.6) is 0 Å². The second-order valence-electron chi connectivity index (χ2n) is 5.26. The van der Waals surface area contributed by atoms with Crippen molar-refractivity contribution in [1.82, 2.24) is 15.2 Å². The van der Waals surface area contributed by atoms with Crippen LogP contribution < -0.4 is 11.1 Å². The first kappa shape index (κ1) is 13.8. The third-order valence-electron chi connectivity index (χ3n) is 3.61. The second-order valence-corrected chi connectivity index (χ2v) is 5.26. The summed E-state index contributed by atoms with van der Waals surface area (Å²) in [5, 5.41) is 2.89. The van der Waals surface area contributed by atoms with Crippen LogP contribution in [0.2, 0.25) is 0 Å². The number of nitrogens with one attached hydrogen (secondary N) is 1. The number of anilines is 1. The molecule has 1 aromatic heterocycles. The van der Waals surface area contributed by atoms with Crippen LogP contribution in [0.15, 0.2) is 18.3 Å². The van der Waals surface area contributed by atoms with Gasteiger partial charge in [0.05, 0.1) is 11.9 Å². The van der Waals surface area contributed by atoms with Gasteiger partial charge in [0, 0.05) is 13.1 Å². The van der Waals surface area contributed by atoms with Crippen molar-refractivity contribution in [2.75, 3.05) is 31.9 Å². The predicted molar refractivity (Wildman–Crippen MR) is 75.8 cm³/mol. The molecule has 19 heavy (non-hydrogen) atoms. The standard InChI is InChI=1S/C14H22N4O/c1-11-4-7-18(8-5-11)9-6-16-14(19)13-3-2-12(15)10-17-13/h2-3,10-11H,4-9,15H2,1H3,(H,16,19). The van der Waals surface area contributed by atoms with Crippen LogP contribution in [0.4, 0.5) is 5.69 Å². The number of aromatic nitrogens is 1. The summed E-state index contributed by atoms with van der Waals surface area (Å²) < 4.78 is 0. The van der Waals surface area contributed by atoms with Crippen molar-refractivity contribution < 1.29 is 4.79 Å². The van der Waals surface area contributed by atoms with Crippen molar-refractivity contribution in [3.8, 4) is 0 Å². The molecule has 104 valence electrons. The number of hydrogen-bond acceptors (Lipinski definition) is 4. The average molecular weight is 262 g/mol. The molecular formula is C14H22N4O. The lowest BCUT2D eigenvalue weighted by Gasteiger charge is -2.30. The van der Waals surface area contributed by atoms with Gasteiger partial charge in [0.15, 0.2) is 0 Å². The maximum absolute atomic E-state index is 11.8. The van der Waals surface area contributed by atoms with E-state index in [1.165, 1.54) is 19.0 Å². The Kier molecular flexibility index (Phi) is 4.74. The average Bonchev–Trinajstić information content (AvgIpc) is 2.41. The van der Waals surface area contributed by atoms with E-state index in [0.29, 0.717) is 17.9 Å². The lowest BCUT2D eigenvalue weighted by atomic mass is 9.99. The van der Waals surface area contributed by atoms with E-state index in [1.807, 2.05) is 0 Å². The predicted octanol–water partition coefficient (Wildman–Crippen LogP) is 1.13. The molecule has 0 aromatic carbocycles. The monoisotopic (exact) mass is 262 g/mol. The Morgan fingerprint density at radius 3 is 2.84 bits per heavy atom. The molecule has 2 rings (SSSR count). The van der Waals surface area contributed by atoms with Gasteiger partial charge in [0.1, 0.15) is 5.69 Å². The molecule has 5 nitrogen and oxygen atoms in total. The van der Waals surface area contributed by atoms with E-state index >= 15 is 0 Å². The Hall–Kier alpha value is -1.62. The SMILES string of the molecule is CC1CCN(CCNC(=O)c2ccc(N)cn2)CC1. The highest BCUT2D eigenvalue weighted by Crippen LogP contribution is 2.15. The van der Waals surface area contributed by atoms with Crippen LogP contribution in [0, 0.1) is 5.92 Å². The van der Waals surface area contributed by atoms with Crippen molar-refractivity contribution in [3.63, 3.8) is 0 Å². The molecule has 0 aliphatic carbocycles. The van der Waals surface area contributed by atoms with Crippen molar-refractivity contribution in [2.24, 2.45) is 5.92 Å². The maximum atomic E-state index is 11.8. The molecular weight excluding hydrogens is 240 g/mol. The summed E-state index contributed by atoms with van der Waals surface area (Å²) in [5.74, 6) is 0.704. The van der Waals surface area contributed by atoms with Gasteiger partial charge in [-0.05, 0) is 44.0 Å². The number of piperidine rings is 1. The maximum Gasteiger partial charge on any atom is 0.269 e. The summed E-state index contributed by atoms with van der Waals surface area (Å²) in [4.78, 5) is 18.2. The van der Waals surface area contributed by atoms with Crippen molar-refractivity contribution in [2.45, 2.75) is 19.8 Å². The van der Waals surface area contributed by atoms with Crippen LogP contribution in [0.3, 0.4) is 0 Å². The number of likely N-dealkylation sites (tertiary alicyclic amines) is 1. The zero-order valence-electron chi connectivity index (χ0n) is 11.4. The van der Waals surface area contributed by atoms with Gasteiger partial charge >= 0.3 is 0 Å². The molecule has 0 unspecified atom stereocenters.